The van der Waals surface area contributed by atoms with Gasteiger partial charge in [0.15, 0.2) is 17.4 Å². The number of aliphatic hydroxyl groups excluding tert-OH is 1. The van der Waals surface area contributed by atoms with Crippen molar-refractivity contribution in [3.8, 4) is 5.75 Å². The molecule has 0 aliphatic carbocycles. The quantitative estimate of drug-likeness (QED) is 0.910. The predicted molar refractivity (Wildman–Crippen MR) is 87.7 cm³/mol. The van der Waals surface area contributed by atoms with Crippen LogP contribution < -0.4 is 15.2 Å². The predicted octanol–water partition coefficient (Wildman–Crippen LogP) is 1.19. The Morgan fingerprint density at radius 1 is 1.42 bits per heavy atom. The molecule has 1 aromatic heterocycles. The van der Waals surface area contributed by atoms with Crippen LogP contribution in [0.25, 0.3) is 0 Å². The zero-order valence-electron chi connectivity index (χ0n) is 13.4. The van der Waals surface area contributed by atoms with Crippen molar-refractivity contribution in [2.75, 3.05) is 24.6 Å². The second kappa shape index (κ2) is 7.00. The highest BCUT2D eigenvalue weighted by Gasteiger charge is 2.30. The zero-order valence-corrected chi connectivity index (χ0v) is 13.4. The summed E-state index contributed by atoms with van der Waals surface area (Å²) in [5, 5.41) is 10.2. The summed E-state index contributed by atoms with van der Waals surface area (Å²) in [5.41, 5.74) is -0.178. The van der Waals surface area contributed by atoms with Gasteiger partial charge in [-0.1, -0.05) is 12.1 Å². The molecule has 1 saturated heterocycles. The van der Waals surface area contributed by atoms with E-state index >= 15 is 0 Å². The highest BCUT2D eigenvalue weighted by atomic mass is 19.1. The van der Waals surface area contributed by atoms with E-state index in [2.05, 4.69) is 4.98 Å². The molecule has 0 radical (unpaired) electrons. The van der Waals surface area contributed by atoms with Crippen LogP contribution in [0.5, 0.6) is 5.75 Å². The van der Waals surface area contributed by atoms with Crippen LogP contribution in [0.15, 0.2) is 41.5 Å². The first kappa shape index (κ1) is 16.4. The molecule has 24 heavy (non-hydrogen) atoms. The average molecular weight is 333 g/mol. The summed E-state index contributed by atoms with van der Waals surface area (Å²) in [6.07, 6.45) is 3.13. The van der Waals surface area contributed by atoms with Crippen LogP contribution in [-0.2, 0) is 7.05 Å². The third-order valence-electron chi connectivity index (χ3n) is 4.28. The smallest absolute Gasteiger partial charge is 0.293 e. The fourth-order valence-electron chi connectivity index (χ4n) is 2.84. The molecule has 1 fully saturated rings. The Kier molecular flexibility index (Phi) is 4.80. The van der Waals surface area contributed by atoms with Crippen LogP contribution in [0.4, 0.5) is 10.2 Å². The van der Waals surface area contributed by atoms with Crippen molar-refractivity contribution in [3.05, 3.63) is 52.8 Å². The summed E-state index contributed by atoms with van der Waals surface area (Å²) in [5.74, 6) is -0.137. The van der Waals surface area contributed by atoms with Gasteiger partial charge < -0.3 is 19.3 Å². The number of aryl methyl sites for hydroxylation is 1. The summed E-state index contributed by atoms with van der Waals surface area (Å²) in [6, 6.07) is 6.17. The highest BCUT2D eigenvalue weighted by molar-refractivity contribution is 5.36. The molecular weight excluding hydrogens is 313 g/mol. The van der Waals surface area contributed by atoms with Gasteiger partial charge in [0, 0.05) is 38.4 Å². The van der Waals surface area contributed by atoms with Gasteiger partial charge in [-0.2, -0.15) is 0 Å². The van der Waals surface area contributed by atoms with Gasteiger partial charge in [0.05, 0.1) is 12.7 Å². The van der Waals surface area contributed by atoms with E-state index in [-0.39, 0.29) is 23.8 Å². The molecule has 0 amide bonds. The standard InChI is InChI=1S/C17H20FN3O3/c1-20-9-7-19-16(17(20)23)21-8-6-14(22)12(10-21)11-24-15-5-3-2-4-13(15)18/h2-5,7,9,12,14,22H,6,8,10-11H2,1H3/t12-,14+/m0/s1. The van der Waals surface area contributed by atoms with E-state index in [1.54, 1.807) is 37.6 Å². The summed E-state index contributed by atoms with van der Waals surface area (Å²) in [4.78, 5) is 18.2. The zero-order chi connectivity index (χ0) is 17.1. The first-order valence-corrected chi connectivity index (χ1v) is 7.88. The number of para-hydroxylation sites is 1. The first-order valence-electron chi connectivity index (χ1n) is 7.88. The van der Waals surface area contributed by atoms with Crippen molar-refractivity contribution in [2.45, 2.75) is 12.5 Å². The Hall–Kier alpha value is -2.41. The van der Waals surface area contributed by atoms with Gasteiger partial charge in [0.25, 0.3) is 5.56 Å². The van der Waals surface area contributed by atoms with E-state index < -0.39 is 11.9 Å². The van der Waals surface area contributed by atoms with E-state index in [0.29, 0.717) is 25.3 Å². The van der Waals surface area contributed by atoms with Crippen molar-refractivity contribution in [1.29, 1.82) is 0 Å². The lowest BCUT2D eigenvalue weighted by molar-refractivity contribution is 0.0578. The molecular formula is C17H20FN3O3. The molecule has 2 heterocycles. The SMILES string of the molecule is Cn1ccnc(N2CC[C@@H](O)[C@H](COc3ccccc3F)C2)c1=O. The van der Waals surface area contributed by atoms with Gasteiger partial charge in [-0.05, 0) is 18.6 Å². The number of aliphatic hydroxyl groups is 1. The van der Waals surface area contributed by atoms with Crippen molar-refractivity contribution in [3.63, 3.8) is 0 Å². The fraction of sp³-hybridized carbons (Fsp3) is 0.412. The number of aromatic nitrogens is 2. The molecule has 0 spiro atoms. The van der Waals surface area contributed by atoms with Crippen molar-refractivity contribution >= 4 is 5.82 Å². The molecule has 6 nitrogen and oxygen atoms in total. The largest absolute Gasteiger partial charge is 0.490 e. The van der Waals surface area contributed by atoms with Crippen LogP contribution in [0.2, 0.25) is 0 Å². The Bertz CT molecular complexity index is 765. The number of anilines is 1. The Labute approximate surface area is 139 Å². The maximum Gasteiger partial charge on any atom is 0.293 e. The van der Waals surface area contributed by atoms with Crippen LogP contribution in [0.3, 0.4) is 0 Å². The molecule has 7 heteroatoms. The van der Waals surface area contributed by atoms with Crippen LogP contribution >= 0.6 is 0 Å². The molecule has 2 atom stereocenters. The van der Waals surface area contributed by atoms with Crippen molar-refractivity contribution in [1.82, 2.24) is 9.55 Å². The second-order valence-electron chi connectivity index (χ2n) is 5.97. The highest BCUT2D eigenvalue weighted by Crippen LogP contribution is 2.22. The first-order chi connectivity index (χ1) is 11.6. The maximum atomic E-state index is 13.6. The summed E-state index contributed by atoms with van der Waals surface area (Å²) in [6.45, 7) is 1.15. The van der Waals surface area contributed by atoms with Gasteiger partial charge in [0.1, 0.15) is 0 Å². The molecule has 0 saturated carbocycles. The number of benzene rings is 1. The summed E-state index contributed by atoms with van der Waals surface area (Å²) in [7, 11) is 1.67. The van der Waals surface area contributed by atoms with Gasteiger partial charge in [-0.15, -0.1) is 0 Å². The average Bonchev–Trinajstić information content (AvgIpc) is 2.58. The topological polar surface area (TPSA) is 67.6 Å². The Balaban J connectivity index is 1.71. The third-order valence-corrected chi connectivity index (χ3v) is 4.28. The lowest BCUT2D eigenvalue weighted by atomic mass is 9.95. The number of piperidine rings is 1. The van der Waals surface area contributed by atoms with Gasteiger partial charge in [-0.3, -0.25) is 4.79 Å². The minimum atomic E-state index is -0.555. The summed E-state index contributed by atoms with van der Waals surface area (Å²) < 4.78 is 20.6. The number of nitrogens with zero attached hydrogens (tertiary/aromatic N) is 3. The monoisotopic (exact) mass is 333 g/mol. The molecule has 1 aliphatic heterocycles. The van der Waals surface area contributed by atoms with E-state index in [1.165, 1.54) is 10.6 Å². The van der Waals surface area contributed by atoms with E-state index in [1.807, 2.05) is 4.90 Å². The molecule has 0 unspecified atom stereocenters. The van der Waals surface area contributed by atoms with Crippen molar-refractivity contribution in [2.24, 2.45) is 13.0 Å². The van der Waals surface area contributed by atoms with Crippen LogP contribution in [-0.4, -0.2) is 40.5 Å². The number of halogens is 1. The minimum Gasteiger partial charge on any atom is -0.490 e. The molecule has 1 aliphatic rings. The van der Waals surface area contributed by atoms with Gasteiger partial charge >= 0.3 is 0 Å². The normalized spacial score (nSPS) is 20.9. The maximum absolute atomic E-state index is 13.6. The van der Waals surface area contributed by atoms with E-state index in [9.17, 15) is 14.3 Å². The summed E-state index contributed by atoms with van der Waals surface area (Å²) >= 11 is 0. The third kappa shape index (κ3) is 3.41. The van der Waals surface area contributed by atoms with Crippen molar-refractivity contribution < 1.29 is 14.2 Å². The lowest BCUT2D eigenvalue weighted by Crippen LogP contribution is -2.47. The lowest BCUT2D eigenvalue weighted by Gasteiger charge is -2.36. The molecule has 128 valence electrons. The number of hydrogen-bond acceptors (Lipinski definition) is 5. The molecule has 3 rings (SSSR count). The number of rotatable bonds is 4. The minimum absolute atomic E-state index is 0.163. The van der Waals surface area contributed by atoms with Gasteiger partial charge in [-0.25, -0.2) is 9.37 Å². The number of hydrogen-bond donors (Lipinski definition) is 1. The van der Waals surface area contributed by atoms with Crippen LogP contribution in [0.1, 0.15) is 6.42 Å². The van der Waals surface area contributed by atoms with Gasteiger partial charge in [0.2, 0.25) is 0 Å². The fourth-order valence-corrected chi connectivity index (χ4v) is 2.84. The van der Waals surface area contributed by atoms with E-state index in [4.69, 9.17) is 4.74 Å². The Morgan fingerprint density at radius 2 is 2.21 bits per heavy atom. The molecule has 2 aromatic rings. The van der Waals surface area contributed by atoms with Crippen LogP contribution in [0, 0.1) is 11.7 Å². The Morgan fingerprint density at radius 3 is 3.00 bits per heavy atom. The molecule has 1 aromatic carbocycles. The number of ether oxygens (including phenoxy) is 1. The molecule has 1 N–H and O–H groups in total. The second-order valence-corrected chi connectivity index (χ2v) is 5.97. The molecule has 0 bridgehead atoms. The van der Waals surface area contributed by atoms with E-state index in [0.717, 1.165) is 0 Å².